The van der Waals surface area contributed by atoms with Crippen molar-refractivity contribution in [1.82, 2.24) is 0 Å². The van der Waals surface area contributed by atoms with Gasteiger partial charge in [-0.25, -0.2) is 4.79 Å². The second-order valence-corrected chi connectivity index (χ2v) is 9.45. The number of carbonyl (C=O) groups is 2. The molecule has 0 saturated heterocycles. The monoisotopic (exact) mass is 446 g/mol. The third kappa shape index (κ3) is 3.63. The minimum absolute atomic E-state index is 0.123. The molecule has 168 valence electrons. The van der Waals surface area contributed by atoms with Gasteiger partial charge in [0, 0.05) is 0 Å². The van der Waals surface area contributed by atoms with Gasteiger partial charge in [0.2, 0.25) is 0 Å². The molecule has 0 atom stereocenters. The Hall–Kier alpha value is -3.98. The van der Waals surface area contributed by atoms with E-state index in [1.165, 1.54) is 7.11 Å². The molecule has 0 heterocycles. The van der Waals surface area contributed by atoms with Gasteiger partial charge in [0.15, 0.2) is 5.78 Å². The van der Waals surface area contributed by atoms with Crippen LogP contribution in [-0.4, -0.2) is 18.9 Å². The Balaban J connectivity index is 1.66. The van der Waals surface area contributed by atoms with E-state index in [1.807, 2.05) is 32.0 Å². The fourth-order valence-corrected chi connectivity index (χ4v) is 4.71. The second-order valence-electron chi connectivity index (χ2n) is 9.45. The molecule has 0 bridgehead atoms. The molecule has 0 aliphatic heterocycles. The van der Waals surface area contributed by atoms with Crippen molar-refractivity contribution < 1.29 is 14.3 Å². The first kappa shape index (κ1) is 21.8. The van der Waals surface area contributed by atoms with E-state index >= 15 is 0 Å². The number of esters is 1. The minimum atomic E-state index is -0.584. The fraction of sp³-hybridized carbons (Fsp3) is 0.161. The molecule has 0 unspecified atom stereocenters. The van der Waals surface area contributed by atoms with Gasteiger partial charge in [-0.15, -0.1) is 0 Å². The molecule has 1 aliphatic rings. The van der Waals surface area contributed by atoms with Gasteiger partial charge in [0.05, 0.1) is 18.1 Å². The molecule has 4 aromatic carbocycles. The Morgan fingerprint density at radius 2 is 1.53 bits per heavy atom. The number of fused-ring (bicyclic) bond motifs is 2. The van der Waals surface area contributed by atoms with Crippen molar-refractivity contribution in [2.75, 3.05) is 7.11 Å². The van der Waals surface area contributed by atoms with Crippen LogP contribution in [0.15, 0.2) is 84.9 Å². The summed E-state index contributed by atoms with van der Waals surface area (Å²) in [7, 11) is 1.38. The molecule has 0 amide bonds. The number of methoxy groups -OCH3 is 1. The van der Waals surface area contributed by atoms with Gasteiger partial charge in [-0.1, -0.05) is 54.1 Å². The Labute approximate surface area is 199 Å². The Bertz CT molecular complexity index is 1490. The summed E-state index contributed by atoms with van der Waals surface area (Å²) in [6.45, 7) is 6.07. The Kier molecular flexibility index (Phi) is 5.21. The third-order valence-electron chi connectivity index (χ3n) is 6.80. The number of ether oxygens (including phenoxy) is 1. The van der Waals surface area contributed by atoms with Gasteiger partial charge in [0.1, 0.15) is 0 Å². The highest BCUT2D eigenvalue weighted by molar-refractivity contribution is 6.11. The third-order valence-corrected chi connectivity index (χ3v) is 6.80. The quantitative estimate of drug-likeness (QED) is 0.322. The van der Waals surface area contributed by atoms with E-state index in [9.17, 15) is 9.59 Å². The van der Waals surface area contributed by atoms with Crippen molar-refractivity contribution >= 4 is 28.1 Å². The average molecular weight is 447 g/mol. The zero-order valence-corrected chi connectivity index (χ0v) is 19.8. The molecule has 34 heavy (non-hydrogen) atoms. The normalized spacial score (nSPS) is 14.5. The lowest BCUT2D eigenvalue weighted by atomic mass is 9.70. The van der Waals surface area contributed by atoms with Crippen molar-refractivity contribution in [3.63, 3.8) is 0 Å². The fourth-order valence-electron chi connectivity index (χ4n) is 4.71. The molecule has 0 spiro atoms. The van der Waals surface area contributed by atoms with Crippen molar-refractivity contribution in [1.29, 1.82) is 0 Å². The number of rotatable bonds is 3. The summed E-state index contributed by atoms with van der Waals surface area (Å²) in [5.41, 5.74) is 7.38. The number of hydrogen-bond donors (Lipinski definition) is 0. The van der Waals surface area contributed by atoms with Gasteiger partial charge < -0.3 is 4.74 Å². The lowest BCUT2D eigenvalue weighted by Crippen LogP contribution is -2.32. The van der Waals surface area contributed by atoms with Gasteiger partial charge in [-0.2, -0.15) is 0 Å². The highest BCUT2D eigenvalue weighted by atomic mass is 16.5. The van der Waals surface area contributed by atoms with Crippen LogP contribution in [0.4, 0.5) is 0 Å². The summed E-state index contributed by atoms with van der Waals surface area (Å²) in [5.74, 6) is -0.220. The van der Waals surface area contributed by atoms with Gasteiger partial charge in [-0.3, -0.25) is 4.79 Å². The molecule has 0 saturated carbocycles. The summed E-state index contributed by atoms with van der Waals surface area (Å²) in [6.07, 6.45) is 1.80. The molecule has 4 aromatic rings. The molecular formula is C31H26O3. The van der Waals surface area contributed by atoms with Crippen molar-refractivity contribution in [3.05, 3.63) is 113 Å². The summed E-state index contributed by atoms with van der Waals surface area (Å²) in [4.78, 5) is 24.9. The molecule has 0 radical (unpaired) electrons. The van der Waals surface area contributed by atoms with Gasteiger partial charge >= 0.3 is 5.97 Å². The van der Waals surface area contributed by atoms with Crippen LogP contribution in [0.5, 0.6) is 0 Å². The lowest BCUT2D eigenvalue weighted by molar-refractivity contribution is -0.118. The molecule has 1 aliphatic carbocycles. The van der Waals surface area contributed by atoms with E-state index in [2.05, 4.69) is 55.5 Å². The van der Waals surface area contributed by atoms with E-state index in [0.29, 0.717) is 5.56 Å². The zero-order chi connectivity index (χ0) is 24.0. The first-order chi connectivity index (χ1) is 16.3. The number of aryl methyl sites for hydroxylation is 1. The van der Waals surface area contributed by atoms with Crippen LogP contribution in [0.25, 0.3) is 27.5 Å². The van der Waals surface area contributed by atoms with Crippen LogP contribution in [0.1, 0.15) is 46.5 Å². The van der Waals surface area contributed by atoms with Crippen LogP contribution < -0.4 is 0 Å². The molecule has 3 heteroatoms. The average Bonchev–Trinajstić information content (AvgIpc) is 2.85. The number of hydrogen-bond acceptors (Lipinski definition) is 3. The largest absolute Gasteiger partial charge is 0.465 e. The number of benzene rings is 4. The minimum Gasteiger partial charge on any atom is -0.465 e. The van der Waals surface area contributed by atoms with Crippen LogP contribution in [0.3, 0.4) is 0 Å². The van der Waals surface area contributed by atoms with Crippen LogP contribution >= 0.6 is 0 Å². The highest BCUT2D eigenvalue weighted by Gasteiger charge is 2.35. The summed E-state index contributed by atoms with van der Waals surface area (Å²) < 4.78 is 4.80. The highest BCUT2D eigenvalue weighted by Crippen LogP contribution is 2.42. The standard InChI is InChI=1S/C31H26O3/c1-19-6-5-7-24(14-19)26-18-29(32)31(2,3)28-17-23-13-12-22(15-25(23)16-27(26)28)20-8-10-21(11-9-20)30(33)34-4/h5-18H,1-4H3. The van der Waals surface area contributed by atoms with E-state index in [1.54, 1.807) is 18.2 Å². The zero-order valence-electron chi connectivity index (χ0n) is 19.8. The second kappa shape index (κ2) is 8.11. The van der Waals surface area contributed by atoms with E-state index in [4.69, 9.17) is 4.74 Å². The van der Waals surface area contributed by atoms with E-state index < -0.39 is 5.41 Å². The predicted octanol–water partition coefficient (Wildman–Crippen LogP) is 6.89. The molecule has 0 aromatic heterocycles. The maximum Gasteiger partial charge on any atom is 0.337 e. The smallest absolute Gasteiger partial charge is 0.337 e. The SMILES string of the molecule is COC(=O)c1ccc(-c2ccc3cc4c(cc3c2)C(c2cccc(C)c2)=CC(=O)C4(C)C)cc1. The maximum atomic E-state index is 13.1. The Morgan fingerprint density at radius 1 is 0.794 bits per heavy atom. The van der Waals surface area contributed by atoms with Crippen molar-refractivity contribution in [2.45, 2.75) is 26.2 Å². The summed E-state index contributed by atoms with van der Waals surface area (Å²) >= 11 is 0. The number of ketones is 1. The van der Waals surface area contributed by atoms with Gasteiger partial charge in [-0.05, 0) is 101 Å². The van der Waals surface area contributed by atoms with Crippen LogP contribution in [0, 0.1) is 6.92 Å². The topological polar surface area (TPSA) is 43.4 Å². The number of allylic oxidation sites excluding steroid dienone is 1. The van der Waals surface area contributed by atoms with E-state index in [0.717, 1.165) is 49.7 Å². The van der Waals surface area contributed by atoms with Crippen LogP contribution in [0.2, 0.25) is 0 Å². The molecule has 3 nitrogen and oxygen atoms in total. The van der Waals surface area contributed by atoms with Crippen LogP contribution in [-0.2, 0) is 14.9 Å². The lowest BCUT2D eigenvalue weighted by Gasteiger charge is -2.31. The predicted molar refractivity (Wildman–Crippen MR) is 137 cm³/mol. The Morgan fingerprint density at radius 3 is 2.24 bits per heavy atom. The van der Waals surface area contributed by atoms with E-state index in [-0.39, 0.29) is 11.8 Å². The summed E-state index contributed by atoms with van der Waals surface area (Å²) in [6, 6.07) is 26.5. The number of carbonyl (C=O) groups excluding carboxylic acids is 2. The molecule has 0 fully saturated rings. The molecule has 5 rings (SSSR count). The van der Waals surface area contributed by atoms with Crippen molar-refractivity contribution in [3.8, 4) is 11.1 Å². The molecule has 0 N–H and O–H groups in total. The first-order valence-corrected chi connectivity index (χ1v) is 11.4. The van der Waals surface area contributed by atoms with Gasteiger partial charge in [0.25, 0.3) is 0 Å². The van der Waals surface area contributed by atoms with Crippen molar-refractivity contribution in [2.24, 2.45) is 0 Å². The summed E-state index contributed by atoms with van der Waals surface area (Å²) in [5, 5.41) is 2.21. The molecular weight excluding hydrogens is 420 g/mol. The first-order valence-electron chi connectivity index (χ1n) is 11.4. The maximum absolute atomic E-state index is 13.1.